The first kappa shape index (κ1) is 15.9. The third kappa shape index (κ3) is 3.81. The Bertz CT molecular complexity index is 643. The summed E-state index contributed by atoms with van der Waals surface area (Å²) in [5.41, 5.74) is 7.23. The molecule has 0 aromatic heterocycles. The van der Waals surface area contributed by atoms with Crippen molar-refractivity contribution in [3.8, 4) is 0 Å². The minimum Gasteiger partial charge on any atom is -0.327 e. The number of aryl methyl sites for hydroxylation is 1. The Kier molecular flexibility index (Phi) is 4.65. The van der Waals surface area contributed by atoms with Gasteiger partial charge in [-0.05, 0) is 37.5 Å². The van der Waals surface area contributed by atoms with E-state index in [9.17, 15) is 13.2 Å². The molecule has 0 aliphatic heterocycles. The molecule has 1 aliphatic rings. The van der Waals surface area contributed by atoms with Gasteiger partial charge in [-0.3, -0.25) is 4.79 Å². The van der Waals surface area contributed by atoms with Crippen LogP contribution in [0.15, 0.2) is 23.1 Å². The number of carbonyl (C=O) groups excluding carboxylic acids is 1. The molecule has 2 rings (SSSR count). The predicted molar refractivity (Wildman–Crippen MR) is 81.1 cm³/mol. The van der Waals surface area contributed by atoms with E-state index in [-0.39, 0.29) is 22.8 Å². The number of hydrogen-bond donors (Lipinski definition) is 3. The molecule has 1 aliphatic carbocycles. The fourth-order valence-corrected chi connectivity index (χ4v) is 3.16. The van der Waals surface area contributed by atoms with Crippen LogP contribution in [0.2, 0.25) is 0 Å². The first-order valence-corrected chi connectivity index (χ1v) is 8.53. The summed E-state index contributed by atoms with van der Waals surface area (Å²) in [6, 6.07) is 4.29. The van der Waals surface area contributed by atoms with Crippen LogP contribution >= 0.6 is 0 Å². The molecule has 5 N–H and O–H groups in total. The smallest absolute Gasteiger partial charge is 0.238 e. The highest BCUT2D eigenvalue weighted by Gasteiger charge is 2.28. The van der Waals surface area contributed by atoms with Crippen LogP contribution in [0.25, 0.3) is 0 Å². The molecular weight excluding hydrogens is 290 g/mol. The summed E-state index contributed by atoms with van der Waals surface area (Å²) in [6.07, 6.45) is 3.64. The normalized spacial score (nSPS) is 22.8. The SMILES string of the molecule is Cc1ccc(S(N)(=O)=O)cc1NC(=O)C1CCCCC1N. The quantitative estimate of drug-likeness (QED) is 0.775. The number of primary sulfonamides is 1. The van der Waals surface area contributed by atoms with E-state index in [0.717, 1.165) is 31.2 Å². The second-order valence-electron chi connectivity index (χ2n) is 5.57. The first-order valence-electron chi connectivity index (χ1n) is 6.99. The molecule has 6 nitrogen and oxygen atoms in total. The lowest BCUT2D eigenvalue weighted by Crippen LogP contribution is -2.40. The molecule has 116 valence electrons. The second-order valence-corrected chi connectivity index (χ2v) is 7.13. The fourth-order valence-electron chi connectivity index (χ4n) is 2.62. The molecule has 1 saturated carbocycles. The van der Waals surface area contributed by atoms with Crippen LogP contribution in [-0.2, 0) is 14.8 Å². The van der Waals surface area contributed by atoms with Crippen LogP contribution in [0.5, 0.6) is 0 Å². The highest BCUT2D eigenvalue weighted by atomic mass is 32.2. The molecule has 0 radical (unpaired) electrons. The summed E-state index contributed by atoms with van der Waals surface area (Å²) in [5.74, 6) is -0.381. The topological polar surface area (TPSA) is 115 Å². The zero-order valence-electron chi connectivity index (χ0n) is 12.0. The van der Waals surface area contributed by atoms with E-state index < -0.39 is 10.0 Å². The predicted octanol–water partition coefficient (Wildman–Crippen LogP) is 1.10. The summed E-state index contributed by atoms with van der Waals surface area (Å²) in [6.45, 7) is 1.79. The molecule has 1 amide bonds. The van der Waals surface area contributed by atoms with Crippen LogP contribution in [0.3, 0.4) is 0 Å². The minimum absolute atomic E-state index is 0.0173. The van der Waals surface area contributed by atoms with E-state index in [4.69, 9.17) is 10.9 Å². The van der Waals surface area contributed by atoms with Gasteiger partial charge < -0.3 is 11.1 Å². The number of anilines is 1. The molecule has 2 atom stereocenters. The van der Waals surface area contributed by atoms with Crippen molar-refractivity contribution in [2.75, 3.05) is 5.32 Å². The highest BCUT2D eigenvalue weighted by molar-refractivity contribution is 7.89. The maximum absolute atomic E-state index is 12.3. The molecule has 1 aromatic rings. The van der Waals surface area contributed by atoms with Crippen molar-refractivity contribution in [1.29, 1.82) is 0 Å². The van der Waals surface area contributed by atoms with Gasteiger partial charge in [0.05, 0.1) is 10.8 Å². The minimum atomic E-state index is -3.79. The van der Waals surface area contributed by atoms with E-state index in [0.29, 0.717) is 5.69 Å². The Hall–Kier alpha value is -1.44. The van der Waals surface area contributed by atoms with Crippen molar-refractivity contribution in [1.82, 2.24) is 0 Å². The number of hydrogen-bond acceptors (Lipinski definition) is 4. The summed E-state index contributed by atoms with van der Waals surface area (Å²) >= 11 is 0. The van der Waals surface area contributed by atoms with Gasteiger partial charge in [-0.15, -0.1) is 0 Å². The van der Waals surface area contributed by atoms with Gasteiger partial charge in [0, 0.05) is 11.7 Å². The van der Waals surface area contributed by atoms with Gasteiger partial charge >= 0.3 is 0 Å². The standard InChI is InChI=1S/C14H21N3O3S/c1-9-6-7-10(21(16,19)20)8-13(9)17-14(18)11-4-2-3-5-12(11)15/h6-8,11-12H,2-5,15H2,1H3,(H,17,18)(H2,16,19,20). The van der Waals surface area contributed by atoms with Crippen molar-refractivity contribution in [3.05, 3.63) is 23.8 Å². The summed E-state index contributed by atoms with van der Waals surface area (Å²) in [5, 5.41) is 7.89. The number of sulfonamides is 1. The lowest BCUT2D eigenvalue weighted by Gasteiger charge is -2.27. The summed E-state index contributed by atoms with van der Waals surface area (Å²) in [7, 11) is -3.79. The maximum atomic E-state index is 12.3. The number of nitrogens with one attached hydrogen (secondary N) is 1. The molecule has 0 heterocycles. The average molecular weight is 311 g/mol. The van der Waals surface area contributed by atoms with E-state index in [1.807, 2.05) is 0 Å². The molecule has 2 unspecified atom stereocenters. The molecular formula is C14H21N3O3S. The Morgan fingerprint density at radius 3 is 2.57 bits per heavy atom. The van der Waals surface area contributed by atoms with Gasteiger partial charge in [-0.2, -0.15) is 0 Å². The first-order chi connectivity index (χ1) is 9.79. The highest BCUT2D eigenvalue weighted by Crippen LogP contribution is 2.26. The van der Waals surface area contributed by atoms with E-state index in [1.54, 1.807) is 13.0 Å². The fraction of sp³-hybridized carbons (Fsp3) is 0.500. The zero-order chi connectivity index (χ0) is 15.6. The van der Waals surface area contributed by atoms with Gasteiger partial charge in [0.2, 0.25) is 15.9 Å². The van der Waals surface area contributed by atoms with Crippen molar-refractivity contribution in [2.24, 2.45) is 16.8 Å². The molecule has 21 heavy (non-hydrogen) atoms. The van der Waals surface area contributed by atoms with Crippen LogP contribution < -0.4 is 16.2 Å². The van der Waals surface area contributed by atoms with E-state index in [1.165, 1.54) is 12.1 Å². The zero-order valence-corrected chi connectivity index (χ0v) is 12.8. The Morgan fingerprint density at radius 2 is 1.95 bits per heavy atom. The Labute approximate surface area is 124 Å². The van der Waals surface area contributed by atoms with Crippen LogP contribution in [-0.4, -0.2) is 20.4 Å². The van der Waals surface area contributed by atoms with E-state index >= 15 is 0 Å². The number of nitrogens with two attached hydrogens (primary N) is 2. The van der Waals surface area contributed by atoms with Crippen molar-refractivity contribution in [2.45, 2.75) is 43.5 Å². The molecule has 0 bridgehead atoms. The van der Waals surface area contributed by atoms with E-state index in [2.05, 4.69) is 5.32 Å². The largest absolute Gasteiger partial charge is 0.327 e. The third-order valence-electron chi connectivity index (χ3n) is 3.95. The van der Waals surface area contributed by atoms with Gasteiger partial charge in [0.15, 0.2) is 0 Å². The molecule has 1 aromatic carbocycles. The number of rotatable bonds is 3. The average Bonchev–Trinajstić information content (AvgIpc) is 2.40. The monoisotopic (exact) mass is 311 g/mol. The van der Waals surface area contributed by atoms with Crippen molar-refractivity contribution < 1.29 is 13.2 Å². The van der Waals surface area contributed by atoms with Gasteiger partial charge in [0.1, 0.15) is 0 Å². The third-order valence-corrected chi connectivity index (χ3v) is 4.86. The summed E-state index contributed by atoms with van der Waals surface area (Å²) < 4.78 is 22.8. The molecule has 7 heteroatoms. The Balaban J connectivity index is 2.20. The number of benzene rings is 1. The van der Waals surface area contributed by atoms with Crippen molar-refractivity contribution in [3.63, 3.8) is 0 Å². The van der Waals surface area contributed by atoms with Crippen LogP contribution in [0.4, 0.5) is 5.69 Å². The molecule has 1 fully saturated rings. The Morgan fingerprint density at radius 1 is 1.29 bits per heavy atom. The second kappa shape index (κ2) is 6.13. The lowest BCUT2D eigenvalue weighted by atomic mass is 9.84. The van der Waals surface area contributed by atoms with Crippen molar-refractivity contribution >= 4 is 21.6 Å². The number of amides is 1. The lowest BCUT2D eigenvalue weighted by molar-refractivity contribution is -0.121. The molecule has 0 saturated heterocycles. The maximum Gasteiger partial charge on any atom is 0.238 e. The summed E-state index contributed by atoms with van der Waals surface area (Å²) in [4.78, 5) is 12.3. The number of carbonyl (C=O) groups is 1. The van der Waals surface area contributed by atoms with Gasteiger partial charge in [-0.1, -0.05) is 18.9 Å². The van der Waals surface area contributed by atoms with Gasteiger partial charge in [0.25, 0.3) is 0 Å². The van der Waals surface area contributed by atoms with Gasteiger partial charge in [-0.25, -0.2) is 13.6 Å². The van der Waals surface area contributed by atoms with Crippen LogP contribution in [0.1, 0.15) is 31.2 Å². The van der Waals surface area contributed by atoms with Crippen LogP contribution in [0, 0.1) is 12.8 Å². The molecule has 0 spiro atoms.